The first-order chi connectivity index (χ1) is 10.0. The summed E-state index contributed by atoms with van der Waals surface area (Å²) in [6.07, 6.45) is 0. The topological polar surface area (TPSA) is 16.1 Å². The molecule has 0 bridgehead atoms. The van der Waals surface area contributed by atoms with E-state index in [1.807, 2.05) is 5.38 Å². The van der Waals surface area contributed by atoms with Gasteiger partial charge < -0.3 is 0 Å². The van der Waals surface area contributed by atoms with E-state index >= 15 is 0 Å². The first-order valence-corrected chi connectivity index (χ1v) is 8.72. The van der Waals surface area contributed by atoms with Crippen LogP contribution in [0.15, 0.2) is 29.6 Å². The molecule has 1 atom stereocenters. The maximum absolute atomic E-state index is 5.80. The lowest BCUT2D eigenvalue weighted by Crippen LogP contribution is -2.32. The zero-order valence-corrected chi connectivity index (χ0v) is 14.7. The lowest BCUT2D eigenvalue weighted by Gasteiger charge is -2.27. The molecule has 1 aromatic heterocycles. The molecule has 0 fully saturated rings. The molecule has 0 aliphatic carbocycles. The molecule has 2 nitrogen and oxygen atoms in total. The molecule has 21 heavy (non-hydrogen) atoms. The molecular formula is C17H23ClN2S. The smallest absolute Gasteiger partial charge is 0.123 e. The Morgan fingerprint density at radius 1 is 1.19 bits per heavy atom. The Morgan fingerprint density at radius 3 is 2.38 bits per heavy atom. The van der Waals surface area contributed by atoms with Crippen molar-refractivity contribution in [1.29, 1.82) is 0 Å². The number of halogens is 1. The van der Waals surface area contributed by atoms with Crippen molar-refractivity contribution in [3.8, 4) is 10.6 Å². The van der Waals surface area contributed by atoms with E-state index in [-0.39, 0.29) is 0 Å². The Hall–Kier alpha value is -0.900. The molecule has 0 aliphatic rings. The van der Waals surface area contributed by atoms with E-state index in [9.17, 15) is 0 Å². The van der Waals surface area contributed by atoms with Gasteiger partial charge in [-0.25, -0.2) is 4.98 Å². The second-order valence-corrected chi connectivity index (χ2v) is 7.00. The largest absolute Gasteiger partial charge is 0.299 e. The van der Waals surface area contributed by atoms with Gasteiger partial charge in [0.2, 0.25) is 0 Å². The summed E-state index contributed by atoms with van der Waals surface area (Å²) in [4.78, 5) is 6.91. The van der Waals surface area contributed by atoms with Crippen LogP contribution in [0.1, 0.15) is 32.0 Å². The third-order valence-corrected chi connectivity index (χ3v) is 5.20. The van der Waals surface area contributed by atoms with Gasteiger partial charge in [0.1, 0.15) is 5.01 Å². The van der Waals surface area contributed by atoms with Crippen LogP contribution in [0, 0.1) is 5.92 Å². The fourth-order valence-electron chi connectivity index (χ4n) is 2.19. The number of nitrogens with zero attached hydrogens (tertiary/aromatic N) is 2. The summed E-state index contributed by atoms with van der Waals surface area (Å²) in [5.74, 6) is 1.14. The fraction of sp³-hybridized carbons (Fsp3) is 0.471. The molecule has 0 saturated heterocycles. The maximum Gasteiger partial charge on any atom is 0.123 e. The zero-order chi connectivity index (χ0) is 15.4. The number of alkyl halides is 1. The summed E-state index contributed by atoms with van der Waals surface area (Å²) in [5.41, 5.74) is 3.45. The molecule has 4 heteroatoms. The van der Waals surface area contributed by atoms with Crippen LogP contribution in [0.2, 0.25) is 0 Å². The number of hydrogen-bond donors (Lipinski definition) is 0. The molecule has 2 rings (SSSR count). The second-order valence-electron chi connectivity index (χ2n) is 5.87. The van der Waals surface area contributed by atoms with Crippen LogP contribution >= 0.6 is 22.9 Å². The zero-order valence-electron chi connectivity index (χ0n) is 13.1. The first-order valence-electron chi connectivity index (χ1n) is 7.31. The number of thiazole rings is 1. The van der Waals surface area contributed by atoms with Crippen LogP contribution in [0.5, 0.6) is 0 Å². The Bertz CT molecular complexity index is 562. The van der Waals surface area contributed by atoms with Crippen LogP contribution < -0.4 is 0 Å². The number of benzene rings is 1. The lowest BCUT2D eigenvalue weighted by molar-refractivity contribution is 0.200. The van der Waals surface area contributed by atoms with E-state index in [0.717, 1.165) is 17.2 Å². The molecule has 0 N–H and O–H groups in total. The lowest BCUT2D eigenvalue weighted by atomic mass is 10.0. The molecule has 0 radical (unpaired) electrons. The van der Waals surface area contributed by atoms with Crippen molar-refractivity contribution >= 4 is 22.9 Å². The Balaban J connectivity index is 2.05. The van der Waals surface area contributed by atoms with Crippen LogP contribution in [0.4, 0.5) is 0 Å². The van der Waals surface area contributed by atoms with Crippen LogP contribution in [-0.2, 0) is 12.4 Å². The maximum atomic E-state index is 5.80. The SMILES string of the molecule is CC(C)C(C)N(C)Cc1ccc(-c2nc(CCl)cs2)cc1. The van der Waals surface area contributed by atoms with Crippen LogP contribution in [0.25, 0.3) is 10.6 Å². The van der Waals surface area contributed by atoms with Gasteiger partial charge in [-0.3, -0.25) is 4.90 Å². The monoisotopic (exact) mass is 322 g/mol. The van der Waals surface area contributed by atoms with Gasteiger partial charge in [0, 0.05) is 23.5 Å². The Kier molecular flexibility index (Phi) is 5.80. The standard InChI is InChI=1S/C17H23ClN2S/c1-12(2)13(3)20(4)10-14-5-7-15(8-6-14)17-19-16(9-18)11-21-17/h5-8,11-13H,9-10H2,1-4H3. The highest BCUT2D eigenvalue weighted by molar-refractivity contribution is 7.13. The summed E-state index contributed by atoms with van der Waals surface area (Å²) in [7, 11) is 2.19. The van der Waals surface area contributed by atoms with Crippen molar-refractivity contribution in [3.63, 3.8) is 0 Å². The summed E-state index contributed by atoms with van der Waals surface area (Å²) in [5, 5.41) is 3.06. The van der Waals surface area contributed by atoms with Gasteiger partial charge in [0.15, 0.2) is 0 Å². The number of hydrogen-bond acceptors (Lipinski definition) is 3. The minimum atomic E-state index is 0.479. The summed E-state index contributed by atoms with van der Waals surface area (Å²) < 4.78 is 0. The van der Waals surface area contributed by atoms with E-state index in [0.29, 0.717) is 17.8 Å². The van der Waals surface area contributed by atoms with Crippen molar-refractivity contribution in [2.75, 3.05) is 7.05 Å². The van der Waals surface area contributed by atoms with Gasteiger partial charge in [0.05, 0.1) is 11.6 Å². The number of rotatable bonds is 6. The normalized spacial score (nSPS) is 13.1. The highest BCUT2D eigenvalue weighted by Gasteiger charge is 2.13. The molecule has 0 spiro atoms. The van der Waals surface area contributed by atoms with E-state index in [4.69, 9.17) is 11.6 Å². The molecule has 1 heterocycles. The molecule has 0 amide bonds. The summed E-state index contributed by atoms with van der Waals surface area (Å²) >= 11 is 7.45. The van der Waals surface area contributed by atoms with E-state index in [1.165, 1.54) is 11.1 Å². The van der Waals surface area contributed by atoms with Crippen molar-refractivity contribution in [3.05, 3.63) is 40.9 Å². The average molecular weight is 323 g/mol. The van der Waals surface area contributed by atoms with Gasteiger partial charge >= 0.3 is 0 Å². The predicted molar refractivity (Wildman–Crippen MR) is 92.9 cm³/mol. The highest BCUT2D eigenvalue weighted by Crippen LogP contribution is 2.25. The van der Waals surface area contributed by atoms with Gasteiger partial charge in [-0.2, -0.15) is 0 Å². The van der Waals surface area contributed by atoms with Crippen LogP contribution in [-0.4, -0.2) is 23.0 Å². The molecule has 0 saturated carbocycles. The summed E-state index contributed by atoms with van der Waals surface area (Å²) in [6.45, 7) is 7.79. The van der Waals surface area contributed by atoms with Gasteiger partial charge in [0.25, 0.3) is 0 Å². The van der Waals surface area contributed by atoms with Crippen molar-refractivity contribution in [2.24, 2.45) is 5.92 Å². The molecule has 114 valence electrons. The molecule has 2 aromatic rings. The Morgan fingerprint density at radius 2 is 1.86 bits per heavy atom. The second kappa shape index (κ2) is 7.39. The minimum Gasteiger partial charge on any atom is -0.299 e. The molecule has 1 unspecified atom stereocenters. The van der Waals surface area contributed by atoms with Crippen molar-refractivity contribution in [1.82, 2.24) is 9.88 Å². The predicted octanol–water partition coefficient (Wildman–Crippen LogP) is 5.03. The van der Waals surface area contributed by atoms with Crippen molar-refractivity contribution < 1.29 is 0 Å². The quantitative estimate of drug-likeness (QED) is 0.694. The third-order valence-electron chi connectivity index (χ3n) is 3.98. The van der Waals surface area contributed by atoms with Crippen LogP contribution in [0.3, 0.4) is 0 Å². The van der Waals surface area contributed by atoms with Crippen molar-refractivity contribution in [2.45, 2.75) is 39.2 Å². The summed E-state index contributed by atoms with van der Waals surface area (Å²) in [6, 6.07) is 9.27. The number of aromatic nitrogens is 1. The molecule has 0 aliphatic heterocycles. The van der Waals surface area contributed by atoms with Gasteiger partial charge in [-0.15, -0.1) is 22.9 Å². The molecular weight excluding hydrogens is 300 g/mol. The van der Waals surface area contributed by atoms with E-state index in [2.05, 4.69) is 62.0 Å². The van der Waals surface area contributed by atoms with E-state index < -0.39 is 0 Å². The van der Waals surface area contributed by atoms with E-state index in [1.54, 1.807) is 11.3 Å². The fourth-order valence-corrected chi connectivity index (χ4v) is 3.25. The highest BCUT2D eigenvalue weighted by atomic mass is 35.5. The Labute approximate surface area is 136 Å². The minimum absolute atomic E-state index is 0.479. The first kappa shape index (κ1) is 16.5. The van der Waals surface area contributed by atoms with Gasteiger partial charge in [-0.05, 0) is 25.5 Å². The van der Waals surface area contributed by atoms with Gasteiger partial charge in [-0.1, -0.05) is 38.1 Å². The average Bonchev–Trinajstić information content (AvgIpc) is 2.96. The molecule has 1 aromatic carbocycles. The third kappa shape index (κ3) is 4.29.